The Hall–Kier alpha value is -1.95. The Labute approximate surface area is 94.9 Å². The van der Waals surface area contributed by atoms with E-state index in [0.717, 1.165) is 29.7 Å². The summed E-state index contributed by atoms with van der Waals surface area (Å²) in [5, 5.41) is 8.70. The maximum absolute atomic E-state index is 8.70. The first-order chi connectivity index (χ1) is 7.80. The molecule has 0 saturated carbocycles. The fourth-order valence-electron chi connectivity index (χ4n) is 2.06. The number of fused-ring (bicyclic) bond motifs is 1. The van der Waals surface area contributed by atoms with Gasteiger partial charge < -0.3 is 9.47 Å². The van der Waals surface area contributed by atoms with Gasteiger partial charge in [0.25, 0.3) is 0 Å². The zero-order chi connectivity index (χ0) is 11.5. The normalized spacial score (nSPS) is 15.7. The van der Waals surface area contributed by atoms with E-state index in [1.165, 1.54) is 5.56 Å². The maximum Gasteiger partial charge on any atom is 0.161 e. The predicted molar refractivity (Wildman–Crippen MR) is 61.5 cm³/mol. The van der Waals surface area contributed by atoms with Gasteiger partial charge in [0.1, 0.15) is 0 Å². The molecule has 1 aromatic rings. The Balaban J connectivity index is 2.53. The van der Waals surface area contributed by atoms with Gasteiger partial charge in [-0.2, -0.15) is 5.26 Å². The summed E-state index contributed by atoms with van der Waals surface area (Å²) in [6.07, 6.45) is 3.49. The molecule has 0 amide bonds. The van der Waals surface area contributed by atoms with E-state index in [1.807, 2.05) is 12.1 Å². The molecular formula is C13H13NO2. The molecule has 0 bridgehead atoms. The molecule has 82 valence electrons. The highest BCUT2D eigenvalue weighted by atomic mass is 16.5. The van der Waals surface area contributed by atoms with E-state index in [1.54, 1.807) is 20.3 Å². The lowest BCUT2D eigenvalue weighted by molar-refractivity contribution is 0.354. The Morgan fingerprint density at radius 3 is 2.50 bits per heavy atom. The zero-order valence-electron chi connectivity index (χ0n) is 9.41. The van der Waals surface area contributed by atoms with Gasteiger partial charge >= 0.3 is 0 Å². The van der Waals surface area contributed by atoms with Gasteiger partial charge in [0.05, 0.1) is 20.3 Å². The number of hydrogen-bond acceptors (Lipinski definition) is 3. The number of benzene rings is 1. The van der Waals surface area contributed by atoms with Crippen LogP contribution in [-0.2, 0) is 6.42 Å². The Morgan fingerprint density at radius 1 is 1.19 bits per heavy atom. The van der Waals surface area contributed by atoms with Gasteiger partial charge in [-0.15, -0.1) is 0 Å². The SMILES string of the molecule is COc1cc2c(cc1OC)C(=CC#N)CC2. The van der Waals surface area contributed by atoms with Crippen LogP contribution in [0.15, 0.2) is 18.2 Å². The molecule has 16 heavy (non-hydrogen) atoms. The van der Waals surface area contributed by atoms with Crippen LogP contribution in [0.2, 0.25) is 0 Å². The number of allylic oxidation sites excluding steroid dienone is 2. The molecule has 0 fully saturated rings. The molecule has 0 unspecified atom stereocenters. The topological polar surface area (TPSA) is 42.2 Å². The zero-order valence-corrected chi connectivity index (χ0v) is 9.41. The summed E-state index contributed by atoms with van der Waals surface area (Å²) >= 11 is 0. The molecule has 0 atom stereocenters. The lowest BCUT2D eigenvalue weighted by atomic mass is 10.1. The molecule has 0 radical (unpaired) electrons. The lowest BCUT2D eigenvalue weighted by Gasteiger charge is -2.10. The molecule has 0 aliphatic heterocycles. The van der Waals surface area contributed by atoms with Crippen molar-refractivity contribution in [3.8, 4) is 17.6 Å². The van der Waals surface area contributed by atoms with Gasteiger partial charge in [-0.1, -0.05) is 0 Å². The highest BCUT2D eigenvalue weighted by molar-refractivity contribution is 5.76. The average Bonchev–Trinajstić information content (AvgIpc) is 2.70. The van der Waals surface area contributed by atoms with Crippen molar-refractivity contribution < 1.29 is 9.47 Å². The van der Waals surface area contributed by atoms with E-state index < -0.39 is 0 Å². The van der Waals surface area contributed by atoms with Crippen molar-refractivity contribution in [1.82, 2.24) is 0 Å². The van der Waals surface area contributed by atoms with Gasteiger partial charge in [0, 0.05) is 6.08 Å². The number of nitrogens with zero attached hydrogens (tertiary/aromatic N) is 1. The number of hydrogen-bond donors (Lipinski definition) is 0. The summed E-state index contributed by atoms with van der Waals surface area (Å²) in [4.78, 5) is 0. The smallest absolute Gasteiger partial charge is 0.161 e. The van der Waals surface area contributed by atoms with Crippen LogP contribution in [0, 0.1) is 11.3 Å². The van der Waals surface area contributed by atoms with E-state index in [2.05, 4.69) is 6.07 Å². The molecule has 0 spiro atoms. The number of rotatable bonds is 2. The first-order valence-electron chi connectivity index (χ1n) is 5.14. The van der Waals surface area contributed by atoms with Crippen molar-refractivity contribution in [2.75, 3.05) is 14.2 Å². The number of nitriles is 1. The molecule has 3 heteroatoms. The largest absolute Gasteiger partial charge is 0.493 e. The van der Waals surface area contributed by atoms with Gasteiger partial charge in [-0.05, 0) is 41.7 Å². The van der Waals surface area contributed by atoms with E-state index in [4.69, 9.17) is 14.7 Å². The Kier molecular flexibility index (Phi) is 2.82. The Bertz CT molecular complexity index is 483. The minimum atomic E-state index is 0.715. The molecule has 1 aliphatic rings. The lowest BCUT2D eigenvalue weighted by Crippen LogP contribution is -1.93. The van der Waals surface area contributed by atoms with Crippen LogP contribution in [0.1, 0.15) is 17.5 Å². The van der Waals surface area contributed by atoms with Crippen molar-refractivity contribution in [2.24, 2.45) is 0 Å². The Morgan fingerprint density at radius 2 is 1.88 bits per heavy atom. The second-order valence-electron chi connectivity index (χ2n) is 3.66. The molecule has 0 saturated heterocycles. The molecule has 1 aliphatic carbocycles. The molecule has 0 heterocycles. The number of methoxy groups -OCH3 is 2. The van der Waals surface area contributed by atoms with Crippen molar-refractivity contribution in [2.45, 2.75) is 12.8 Å². The highest BCUT2D eigenvalue weighted by Gasteiger charge is 2.19. The molecule has 3 nitrogen and oxygen atoms in total. The van der Waals surface area contributed by atoms with E-state index in [0.29, 0.717) is 5.75 Å². The third-order valence-electron chi connectivity index (χ3n) is 2.86. The minimum absolute atomic E-state index is 0.715. The summed E-state index contributed by atoms with van der Waals surface area (Å²) in [6, 6.07) is 6.02. The van der Waals surface area contributed by atoms with E-state index >= 15 is 0 Å². The van der Waals surface area contributed by atoms with Crippen LogP contribution in [0.4, 0.5) is 0 Å². The minimum Gasteiger partial charge on any atom is -0.493 e. The van der Waals surface area contributed by atoms with E-state index in [-0.39, 0.29) is 0 Å². The monoisotopic (exact) mass is 215 g/mol. The van der Waals surface area contributed by atoms with Crippen LogP contribution in [0.3, 0.4) is 0 Å². The van der Waals surface area contributed by atoms with Crippen LogP contribution in [-0.4, -0.2) is 14.2 Å². The summed E-state index contributed by atoms with van der Waals surface area (Å²) in [7, 11) is 3.25. The number of ether oxygens (including phenoxy) is 2. The molecule has 0 N–H and O–H groups in total. The molecule has 0 aromatic heterocycles. The first-order valence-corrected chi connectivity index (χ1v) is 5.14. The van der Waals surface area contributed by atoms with Crippen molar-refractivity contribution in [1.29, 1.82) is 5.26 Å². The van der Waals surface area contributed by atoms with Crippen molar-refractivity contribution >= 4 is 5.57 Å². The third kappa shape index (κ3) is 1.63. The van der Waals surface area contributed by atoms with Crippen molar-refractivity contribution in [3.05, 3.63) is 29.3 Å². The second-order valence-corrected chi connectivity index (χ2v) is 3.66. The fraction of sp³-hybridized carbons (Fsp3) is 0.308. The number of aryl methyl sites for hydroxylation is 1. The van der Waals surface area contributed by atoms with Crippen LogP contribution in [0.25, 0.3) is 5.57 Å². The fourth-order valence-corrected chi connectivity index (χ4v) is 2.06. The first kappa shape index (κ1) is 10.6. The molecule has 2 rings (SSSR count). The third-order valence-corrected chi connectivity index (χ3v) is 2.86. The highest BCUT2D eigenvalue weighted by Crippen LogP contribution is 2.39. The molecule has 1 aromatic carbocycles. The molecular weight excluding hydrogens is 202 g/mol. The van der Waals surface area contributed by atoms with Gasteiger partial charge in [-0.25, -0.2) is 0 Å². The standard InChI is InChI=1S/C13H13NO2/c1-15-12-7-10-4-3-9(5-6-14)11(10)8-13(12)16-2/h5,7-8H,3-4H2,1-2H3. The average molecular weight is 215 g/mol. The summed E-state index contributed by atoms with van der Waals surface area (Å²) in [6.45, 7) is 0. The van der Waals surface area contributed by atoms with E-state index in [9.17, 15) is 0 Å². The van der Waals surface area contributed by atoms with Crippen LogP contribution >= 0.6 is 0 Å². The quantitative estimate of drug-likeness (QED) is 0.712. The maximum atomic E-state index is 8.70. The van der Waals surface area contributed by atoms with Crippen LogP contribution in [0.5, 0.6) is 11.5 Å². The van der Waals surface area contributed by atoms with Gasteiger partial charge in [0.2, 0.25) is 0 Å². The summed E-state index contributed by atoms with van der Waals surface area (Å²) in [5.41, 5.74) is 3.41. The van der Waals surface area contributed by atoms with Gasteiger partial charge in [0.15, 0.2) is 11.5 Å². The van der Waals surface area contributed by atoms with Crippen LogP contribution < -0.4 is 9.47 Å². The second kappa shape index (κ2) is 4.28. The summed E-state index contributed by atoms with van der Waals surface area (Å²) in [5.74, 6) is 1.46. The van der Waals surface area contributed by atoms with Gasteiger partial charge in [-0.3, -0.25) is 0 Å². The summed E-state index contributed by atoms with van der Waals surface area (Å²) < 4.78 is 10.5. The predicted octanol–water partition coefficient (Wildman–Crippen LogP) is 2.56. The van der Waals surface area contributed by atoms with Crippen molar-refractivity contribution in [3.63, 3.8) is 0 Å².